The number of carbonyl (C=O) groups excluding carboxylic acids is 3. The Balaban J connectivity index is 2.06. The number of esters is 1. The summed E-state index contributed by atoms with van der Waals surface area (Å²) in [7, 11) is 0. The third kappa shape index (κ3) is 4.38. The van der Waals surface area contributed by atoms with E-state index in [1.165, 1.54) is 4.90 Å². The van der Waals surface area contributed by atoms with E-state index in [2.05, 4.69) is 0 Å². The standard InChI is InChI=1S/C25H27NO5/c1-15(2)31-24(30)17-11-13-18(14-12-17)26-20(16-9-7-6-8-10-16)19(21(27)23(26)29)22(28)25(3,4)5/h6-15,20,27H,1-5H3. The van der Waals surface area contributed by atoms with Gasteiger partial charge in [-0.3, -0.25) is 14.5 Å². The molecule has 0 saturated heterocycles. The van der Waals surface area contributed by atoms with Crippen LogP contribution in [0.15, 0.2) is 65.9 Å². The molecule has 1 aliphatic rings. The molecule has 1 unspecified atom stereocenters. The SMILES string of the molecule is CC(C)OC(=O)c1ccc(N2C(=O)C(O)=C(C(=O)C(C)(C)C)C2c2ccccc2)cc1. The molecule has 31 heavy (non-hydrogen) atoms. The van der Waals surface area contributed by atoms with Crippen molar-refractivity contribution in [3.8, 4) is 0 Å². The number of aliphatic hydroxyl groups is 1. The molecule has 0 aromatic heterocycles. The second-order valence-electron chi connectivity index (χ2n) is 8.83. The molecule has 1 N–H and O–H groups in total. The lowest BCUT2D eigenvalue weighted by molar-refractivity contribution is -0.123. The van der Waals surface area contributed by atoms with E-state index in [1.54, 1.807) is 58.9 Å². The summed E-state index contributed by atoms with van der Waals surface area (Å²) in [5.41, 5.74) is 0.811. The van der Waals surface area contributed by atoms with Crippen molar-refractivity contribution in [3.63, 3.8) is 0 Å². The number of ketones is 1. The minimum Gasteiger partial charge on any atom is -0.503 e. The molecule has 162 valence electrons. The molecule has 3 rings (SSSR count). The maximum atomic E-state index is 13.2. The van der Waals surface area contributed by atoms with Crippen molar-refractivity contribution in [2.45, 2.75) is 46.8 Å². The summed E-state index contributed by atoms with van der Waals surface area (Å²) in [6, 6.07) is 14.7. The highest BCUT2D eigenvalue weighted by molar-refractivity contribution is 6.17. The first-order chi connectivity index (χ1) is 14.5. The maximum Gasteiger partial charge on any atom is 0.338 e. The van der Waals surface area contributed by atoms with E-state index in [9.17, 15) is 19.5 Å². The second-order valence-corrected chi connectivity index (χ2v) is 8.83. The van der Waals surface area contributed by atoms with Crippen molar-refractivity contribution in [3.05, 3.63) is 77.1 Å². The topological polar surface area (TPSA) is 83.9 Å². The summed E-state index contributed by atoms with van der Waals surface area (Å²) in [6.45, 7) is 8.78. The molecule has 0 saturated carbocycles. The number of benzene rings is 2. The van der Waals surface area contributed by atoms with E-state index in [4.69, 9.17) is 4.74 Å². The van der Waals surface area contributed by atoms with E-state index in [0.29, 0.717) is 16.8 Å². The first-order valence-electron chi connectivity index (χ1n) is 10.2. The van der Waals surface area contributed by atoms with Crippen molar-refractivity contribution in [2.24, 2.45) is 5.41 Å². The Morgan fingerprint density at radius 1 is 1.00 bits per heavy atom. The molecule has 6 nitrogen and oxygen atoms in total. The van der Waals surface area contributed by atoms with E-state index >= 15 is 0 Å². The number of hydrogen-bond donors (Lipinski definition) is 1. The van der Waals surface area contributed by atoms with Crippen molar-refractivity contribution in [1.29, 1.82) is 0 Å². The first-order valence-corrected chi connectivity index (χ1v) is 10.2. The fraction of sp³-hybridized carbons (Fsp3) is 0.320. The quantitative estimate of drug-likeness (QED) is 0.703. The van der Waals surface area contributed by atoms with Crippen molar-refractivity contribution in [1.82, 2.24) is 0 Å². The Labute approximate surface area is 182 Å². The van der Waals surface area contributed by atoms with Crippen molar-refractivity contribution in [2.75, 3.05) is 4.90 Å². The average molecular weight is 421 g/mol. The second kappa shape index (κ2) is 8.38. The number of hydrogen-bond acceptors (Lipinski definition) is 5. The van der Waals surface area contributed by atoms with Crippen LogP contribution in [0.3, 0.4) is 0 Å². The Morgan fingerprint density at radius 2 is 1.58 bits per heavy atom. The van der Waals surface area contributed by atoms with Crippen LogP contribution in [0.1, 0.15) is 56.6 Å². The van der Waals surface area contributed by atoms with Crippen LogP contribution < -0.4 is 4.90 Å². The van der Waals surface area contributed by atoms with Gasteiger partial charge in [-0.15, -0.1) is 0 Å². The molecule has 0 aliphatic carbocycles. The lowest BCUT2D eigenvalue weighted by Crippen LogP contribution is -2.32. The molecular formula is C25H27NO5. The van der Waals surface area contributed by atoms with Gasteiger partial charge in [0, 0.05) is 11.1 Å². The molecule has 0 bridgehead atoms. The van der Waals surface area contributed by atoms with Gasteiger partial charge in [0.2, 0.25) is 0 Å². The molecule has 1 amide bonds. The summed E-state index contributed by atoms with van der Waals surface area (Å²) in [4.78, 5) is 39.8. The summed E-state index contributed by atoms with van der Waals surface area (Å²) < 4.78 is 5.20. The number of aliphatic hydroxyl groups excluding tert-OH is 1. The third-order valence-electron chi connectivity index (χ3n) is 4.97. The molecule has 0 spiro atoms. The fourth-order valence-corrected chi connectivity index (χ4v) is 3.50. The number of nitrogens with zero attached hydrogens (tertiary/aromatic N) is 1. The summed E-state index contributed by atoms with van der Waals surface area (Å²) in [5.74, 6) is -1.96. The monoisotopic (exact) mass is 421 g/mol. The largest absolute Gasteiger partial charge is 0.503 e. The van der Waals surface area contributed by atoms with Crippen molar-refractivity contribution < 1.29 is 24.2 Å². The van der Waals surface area contributed by atoms with E-state index < -0.39 is 29.1 Å². The molecular weight excluding hydrogens is 394 g/mol. The van der Waals surface area contributed by atoms with Crippen LogP contribution in [0, 0.1) is 5.41 Å². The normalized spacial score (nSPS) is 16.8. The molecule has 1 atom stereocenters. The zero-order chi connectivity index (χ0) is 22.9. The van der Waals surface area contributed by atoms with Gasteiger partial charge in [0.05, 0.1) is 23.3 Å². The van der Waals surface area contributed by atoms with E-state index in [0.717, 1.165) is 0 Å². The molecule has 2 aromatic rings. The van der Waals surface area contributed by atoms with Gasteiger partial charge in [0.25, 0.3) is 5.91 Å². The molecule has 1 heterocycles. The Bertz CT molecular complexity index is 1030. The van der Waals surface area contributed by atoms with Gasteiger partial charge in [-0.25, -0.2) is 4.79 Å². The third-order valence-corrected chi connectivity index (χ3v) is 4.97. The molecule has 2 aromatic carbocycles. The molecule has 0 radical (unpaired) electrons. The number of amides is 1. The van der Waals surface area contributed by atoms with Gasteiger partial charge >= 0.3 is 5.97 Å². The Kier molecular flexibility index (Phi) is 6.02. The number of rotatable bonds is 5. The Hall–Kier alpha value is -3.41. The number of Topliss-reactive ketones (excluding diaryl/α,β-unsaturated/α-hetero) is 1. The van der Waals surface area contributed by atoms with Gasteiger partial charge in [-0.2, -0.15) is 0 Å². The molecule has 6 heteroatoms. The van der Waals surface area contributed by atoms with Crippen LogP contribution in [0.25, 0.3) is 0 Å². The zero-order valence-electron chi connectivity index (χ0n) is 18.4. The van der Waals surface area contributed by atoms with Gasteiger partial charge in [-0.05, 0) is 43.7 Å². The highest BCUT2D eigenvalue weighted by atomic mass is 16.5. The lowest BCUT2D eigenvalue weighted by atomic mass is 9.82. The summed E-state index contributed by atoms with van der Waals surface area (Å²) in [5, 5.41) is 10.7. The first kappa shape index (κ1) is 22.3. The molecule has 1 aliphatic heterocycles. The van der Waals surface area contributed by atoms with Crippen molar-refractivity contribution >= 4 is 23.3 Å². The predicted octanol–water partition coefficient (Wildman–Crippen LogP) is 4.77. The van der Waals surface area contributed by atoms with Crippen LogP contribution in [-0.2, 0) is 14.3 Å². The van der Waals surface area contributed by atoms with Crippen LogP contribution in [0.4, 0.5) is 5.69 Å². The van der Waals surface area contributed by atoms with Crippen LogP contribution in [0.2, 0.25) is 0 Å². The van der Waals surface area contributed by atoms with Crippen LogP contribution >= 0.6 is 0 Å². The smallest absolute Gasteiger partial charge is 0.338 e. The predicted molar refractivity (Wildman–Crippen MR) is 118 cm³/mol. The van der Waals surface area contributed by atoms with Gasteiger partial charge in [0.1, 0.15) is 0 Å². The minimum atomic E-state index is -0.781. The summed E-state index contributed by atoms with van der Waals surface area (Å²) in [6.07, 6.45) is -0.248. The van der Waals surface area contributed by atoms with E-state index in [-0.39, 0.29) is 17.5 Å². The lowest BCUT2D eigenvalue weighted by Gasteiger charge is -2.29. The number of ether oxygens (including phenoxy) is 1. The van der Waals surface area contributed by atoms with Gasteiger partial charge in [-0.1, -0.05) is 51.1 Å². The molecule has 0 fully saturated rings. The minimum absolute atomic E-state index is 0.0759. The number of anilines is 1. The summed E-state index contributed by atoms with van der Waals surface area (Å²) >= 11 is 0. The average Bonchev–Trinajstić information content (AvgIpc) is 2.98. The Morgan fingerprint density at radius 3 is 2.10 bits per heavy atom. The van der Waals surface area contributed by atoms with Crippen LogP contribution in [0.5, 0.6) is 0 Å². The highest BCUT2D eigenvalue weighted by Crippen LogP contribution is 2.43. The number of carbonyl (C=O) groups is 3. The van der Waals surface area contributed by atoms with Gasteiger partial charge in [0.15, 0.2) is 11.5 Å². The van der Waals surface area contributed by atoms with Gasteiger partial charge < -0.3 is 9.84 Å². The zero-order valence-corrected chi connectivity index (χ0v) is 18.4. The maximum absolute atomic E-state index is 13.2. The fourth-order valence-electron chi connectivity index (χ4n) is 3.50. The van der Waals surface area contributed by atoms with E-state index in [1.807, 2.05) is 30.3 Å². The highest BCUT2D eigenvalue weighted by Gasteiger charge is 2.46. The van der Waals surface area contributed by atoms with Crippen LogP contribution in [-0.4, -0.2) is 28.9 Å².